The summed E-state index contributed by atoms with van der Waals surface area (Å²) < 4.78 is 5.74. The van der Waals surface area contributed by atoms with Crippen LogP contribution in [0.5, 0.6) is 5.75 Å². The summed E-state index contributed by atoms with van der Waals surface area (Å²) in [6, 6.07) is 8.38. The van der Waals surface area contributed by atoms with E-state index in [-0.39, 0.29) is 11.5 Å². The summed E-state index contributed by atoms with van der Waals surface area (Å²) in [5.74, 6) is 1.58. The molecule has 0 fully saturated rings. The predicted molar refractivity (Wildman–Crippen MR) is 81.0 cm³/mol. The fourth-order valence-corrected chi connectivity index (χ4v) is 3.73. The van der Waals surface area contributed by atoms with Crippen molar-refractivity contribution >= 4 is 0 Å². The summed E-state index contributed by atoms with van der Waals surface area (Å²) in [6.45, 7) is 5.31. The molecule has 0 aromatic heterocycles. The Labute approximate surface area is 121 Å². The van der Waals surface area contributed by atoms with Crippen LogP contribution in [-0.2, 0) is 0 Å². The highest BCUT2D eigenvalue weighted by Gasteiger charge is 2.30. The van der Waals surface area contributed by atoms with E-state index >= 15 is 0 Å². The summed E-state index contributed by atoms with van der Waals surface area (Å²) in [6.07, 6.45) is 5.92. The lowest BCUT2D eigenvalue weighted by molar-refractivity contribution is 0.136. The average molecular weight is 272 g/mol. The van der Waals surface area contributed by atoms with Crippen molar-refractivity contribution in [1.82, 2.24) is 0 Å². The van der Waals surface area contributed by atoms with Gasteiger partial charge in [-0.2, -0.15) is 0 Å². The Hall–Kier alpha value is -1.28. The van der Waals surface area contributed by atoms with Gasteiger partial charge in [-0.25, -0.2) is 0 Å². The van der Waals surface area contributed by atoms with E-state index in [1.807, 2.05) is 6.07 Å². The molecular formula is C18H24O2. The fourth-order valence-electron chi connectivity index (χ4n) is 3.73. The van der Waals surface area contributed by atoms with Gasteiger partial charge in [0, 0.05) is 0 Å². The second-order valence-electron chi connectivity index (χ2n) is 7.01. The van der Waals surface area contributed by atoms with Gasteiger partial charge in [0.2, 0.25) is 0 Å². The lowest BCUT2D eigenvalue weighted by atomic mass is 9.73. The van der Waals surface area contributed by atoms with Gasteiger partial charge in [0.15, 0.2) is 0 Å². The Bertz CT molecular complexity index is 516. The Morgan fingerprint density at radius 2 is 2.10 bits per heavy atom. The molecular weight excluding hydrogens is 248 g/mol. The number of aliphatic hydroxyl groups excluding tert-OH is 1. The van der Waals surface area contributed by atoms with Crippen molar-refractivity contribution in [2.75, 3.05) is 6.61 Å². The maximum Gasteiger partial charge on any atom is 0.122 e. The van der Waals surface area contributed by atoms with Crippen molar-refractivity contribution in [3.8, 4) is 5.75 Å². The first-order valence-corrected chi connectivity index (χ1v) is 7.63. The molecule has 0 bridgehead atoms. The van der Waals surface area contributed by atoms with E-state index in [1.54, 1.807) is 0 Å². The third-order valence-corrected chi connectivity index (χ3v) is 4.49. The van der Waals surface area contributed by atoms with E-state index in [1.165, 1.54) is 11.1 Å². The molecule has 2 aliphatic rings. The van der Waals surface area contributed by atoms with Gasteiger partial charge in [0.05, 0.1) is 12.7 Å². The van der Waals surface area contributed by atoms with Crippen LogP contribution in [0, 0.1) is 5.41 Å². The maximum absolute atomic E-state index is 10.0. The lowest BCUT2D eigenvalue weighted by Crippen LogP contribution is -2.26. The van der Waals surface area contributed by atoms with Crippen LogP contribution < -0.4 is 4.74 Å². The monoisotopic (exact) mass is 272 g/mol. The molecule has 1 heterocycles. The van der Waals surface area contributed by atoms with E-state index in [0.717, 1.165) is 38.0 Å². The number of hydrogen-bond acceptors (Lipinski definition) is 2. The Morgan fingerprint density at radius 3 is 2.90 bits per heavy atom. The number of fused-ring (bicyclic) bond motifs is 1. The van der Waals surface area contributed by atoms with Gasteiger partial charge in [0.1, 0.15) is 5.75 Å². The van der Waals surface area contributed by atoms with Gasteiger partial charge in [-0.15, -0.1) is 0 Å². The van der Waals surface area contributed by atoms with Crippen LogP contribution in [-0.4, -0.2) is 17.8 Å². The quantitative estimate of drug-likeness (QED) is 0.823. The smallest absolute Gasteiger partial charge is 0.122 e. The van der Waals surface area contributed by atoms with E-state index in [2.05, 4.69) is 38.1 Å². The molecule has 0 amide bonds. The molecule has 1 aliphatic carbocycles. The zero-order valence-electron chi connectivity index (χ0n) is 12.4. The van der Waals surface area contributed by atoms with E-state index in [9.17, 15) is 5.11 Å². The first kappa shape index (κ1) is 13.7. The molecule has 0 saturated carbocycles. The molecule has 3 rings (SSSR count). The van der Waals surface area contributed by atoms with E-state index in [0.29, 0.717) is 5.92 Å². The number of para-hydroxylation sites is 1. The molecule has 1 aromatic carbocycles. The van der Waals surface area contributed by atoms with Gasteiger partial charge in [-0.05, 0) is 48.6 Å². The molecule has 0 spiro atoms. The minimum atomic E-state index is -0.274. The molecule has 1 N–H and O–H groups in total. The van der Waals surface area contributed by atoms with Crippen LogP contribution in [0.25, 0.3) is 0 Å². The lowest BCUT2D eigenvalue weighted by Gasteiger charge is -2.35. The van der Waals surface area contributed by atoms with Gasteiger partial charge in [-0.3, -0.25) is 0 Å². The molecule has 2 atom stereocenters. The van der Waals surface area contributed by atoms with E-state index < -0.39 is 0 Å². The minimum Gasteiger partial charge on any atom is -0.493 e. The molecule has 1 aliphatic heterocycles. The zero-order valence-corrected chi connectivity index (χ0v) is 12.4. The highest BCUT2D eigenvalue weighted by Crippen LogP contribution is 2.42. The number of aliphatic hydroxyl groups is 1. The normalized spacial score (nSPS) is 28.2. The first-order valence-electron chi connectivity index (χ1n) is 7.63. The molecule has 2 unspecified atom stereocenters. The third kappa shape index (κ3) is 2.90. The van der Waals surface area contributed by atoms with Crippen molar-refractivity contribution in [2.45, 2.75) is 51.6 Å². The SMILES string of the molecule is CC1(C)CC(CC2CCOc3ccccc32)=CC(O)C1. The van der Waals surface area contributed by atoms with Gasteiger partial charge >= 0.3 is 0 Å². The molecule has 0 saturated heterocycles. The molecule has 20 heavy (non-hydrogen) atoms. The molecule has 2 heteroatoms. The Morgan fingerprint density at radius 1 is 1.30 bits per heavy atom. The summed E-state index contributed by atoms with van der Waals surface area (Å²) in [7, 11) is 0. The number of hydrogen-bond donors (Lipinski definition) is 1. The summed E-state index contributed by atoms with van der Waals surface area (Å²) in [5.41, 5.74) is 2.96. The van der Waals surface area contributed by atoms with Crippen LogP contribution in [0.1, 0.15) is 51.0 Å². The fraction of sp³-hybridized carbons (Fsp3) is 0.556. The van der Waals surface area contributed by atoms with Crippen LogP contribution in [0.4, 0.5) is 0 Å². The van der Waals surface area contributed by atoms with Crippen molar-refractivity contribution in [3.05, 3.63) is 41.5 Å². The van der Waals surface area contributed by atoms with Gasteiger partial charge in [0.25, 0.3) is 0 Å². The van der Waals surface area contributed by atoms with Crippen molar-refractivity contribution < 1.29 is 9.84 Å². The Kier molecular flexibility index (Phi) is 3.59. The van der Waals surface area contributed by atoms with Crippen LogP contribution in [0.15, 0.2) is 35.9 Å². The standard InChI is InChI=1S/C18H24O2/c1-18(2)11-13(10-15(19)12-18)9-14-7-8-20-17-6-4-3-5-16(14)17/h3-6,10,14-15,19H,7-9,11-12H2,1-2H3. The number of ether oxygens (including phenoxy) is 1. The number of benzene rings is 1. The largest absolute Gasteiger partial charge is 0.493 e. The molecule has 0 radical (unpaired) electrons. The molecule has 108 valence electrons. The van der Waals surface area contributed by atoms with Gasteiger partial charge in [-0.1, -0.05) is 43.7 Å². The topological polar surface area (TPSA) is 29.5 Å². The summed E-state index contributed by atoms with van der Waals surface area (Å²) >= 11 is 0. The van der Waals surface area contributed by atoms with Crippen molar-refractivity contribution in [3.63, 3.8) is 0 Å². The number of rotatable bonds is 2. The highest BCUT2D eigenvalue weighted by molar-refractivity contribution is 5.38. The Balaban J connectivity index is 1.79. The second-order valence-corrected chi connectivity index (χ2v) is 7.01. The van der Waals surface area contributed by atoms with Crippen LogP contribution >= 0.6 is 0 Å². The van der Waals surface area contributed by atoms with E-state index in [4.69, 9.17) is 4.74 Å². The van der Waals surface area contributed by atoms with Crippen molar-refractivity contribution in [1.29, 1.82) is 0 Å². The van der Waals surface area contributed by atoms with Crippen LogP contribution in [0.3, 0.4) is 0 Å². The third-order valence-electron chi connectivity index (χ3n) is 4.49. The highest BCUT2D eigenvalue weighted by atomic mass is 16.5. The van der Waals surface area contributed by atoms with Crippen LogP contribution in [0.2, 0.25) is 0 Å². The average Bonchev–Trinajstić information content (AvgIpc) is 2.37. The second kappa shape index (κ2) is 5.25. The summed E-state index contributed by atoms with van der Waals surface area (Å²) in [5, 5.41) is 10.0. The number of allylic oxidation sites excluding steroid dienone is 1. The zero-order chi connectivity index (χ0) is 14.2. The minimum absolute atomic E-state index is 0.216. The first-order chi connectivity index (χ1) is 9.53. The predicted octanol–water partition coefficient (Wildman–Crippen LogP) is 4.05. The molecule has 2 nitrogen and oxygen atoms in total. The van der Waals surface area contributed by atoms with Crippen molar-refractivity contribution in [2.24, 2.45) is 5.41 Å². The summed E-state index contributed by atoms with van der Waals surface area (Å²) in [4.78, 5) is 0. The molecule has 1 aromatic rings. The van der Waals surface area contributed by atoms with Gasteiger partial charge < -0.3 is 9.84 Å². The maximum atomic E-state index is 10.0.